The monoisotopic (exact) mass is 285 g/mol. The summed E-state index contributed by atoms with van der Waals surface area (Å²) in [4.78, 5) is 14.4. The molecule has 0 saturated carbocycles. The first-order valence-electron chi connectivity index (χ1n) is 7.50. The smallest absolute Gasteiger partial charge is 0.161 e. The van der Waals surface area contributed by atoms with Gasteiger partial charge in [0.25, 0.3) is 0 Å². The Labute approximate surface area is 123 Å². The average molecular weight is 285 g/mol. The minimum Gasteiger partial charge on any atom is -0.504 e. The molecule has 0 spiro atoms. The van der Waals surface area contributed by atoms with Crippen LogP contribution in [-0.4, -0.2) is 40.5 Å². The van der Waals surface area contributed by atoms with Gasteiger partial charge in [-0.25, -0.2) is 0 Å². The highest BCUT2D eigenvalue weighted by atomic mass is 16.3. The van der Waals surface area contributed by atoms with Crippen molar-refractivity contribution in [1.29, 1.82) is 0 Å². The first kappa shape index (κ1) is 12.9. The summed E-state index contributed by atoms with van der Waals surface area (Å²) in [6, 6.07) is 3.76. The van der Waals surface area contributed by atoms with Gasteiger partial charge in [0.2, 0.25) is 0 Å². The van der Waals surface area contributed by atoms with E-state index in [2.05, 4.69) is 18.0 Å². The van der Waals surface area contributed by atoms with Crippen LogP contribution in [0.4, 0.5) is 0 Å². The van der Waals surface area contributed by atoms with E-state index in [0.717, 1.165) is 30.5 Å². The van der Waals surface area contributed by atoms with Crippen molar-refractivity contribution in [3.05, 3.63) is 34.9 Å². The van der Waals surface area contributed by atoms with Crippen molar-refractivity contribution in [1.82, 2.24) is 4.90 Å². The van der Waals surface area contributed by atoms with Crippen molar-refractivity contribution in [2.45, 2.75) is 37.1 Å². The number of rotatable bonds is 0. The van der Waals surface area contributed by atoms with Crippen LogP contribution in [0.3, 0.4) is 0 Å². The molecule has 4 heteroatoms. The quantitative estimate of drug-likeness (QED) is 0.564. The number of likely N-dealkylation sites (N-methyl/N-ethyl adjacent to an activating group) is 1. The van der Waals surface area contributed by atoms with Gasteiger partial charge in [-0.15, -0.1) is 0 Å². The molecule has 3 aliphatic rings. The van der Waals surface area contributed by atoms with Crippen LogP contribution < -0.4 is 0 Å². The van der Waals surface area contributed by atoms with Crippen molar-refractivity contribution in [2.24, 2.45) is 0 Å². The fourth-order valence-electron chi connectivity index (χ4n) is 4.54. The molecule has 1 aromatic rings. The molecule has 2 N–H and O–H groups in total. The molecule has 4 nitrogen and oxygen atoms in total. The standard InChI is InChI=1S/C17H19NO3/c1-18-7-6-17-9-11(19)3-4-12(17)13(18)8-10-2-5-14(20)16(21)15(10)17/h2,4-5,13,20-21H,3,6-9H2,1H3/t13-,17+/m1/s1. The molecule has 110 valence electrons. The molecule has 1 saturated heterocycles. The third-order valence-corrected chi connectivity index (χ3v) is 5.52. The number of piperidine rings is 1. The van der Waals surface area contributed by atoms with Crippen LogP contribution in [-0.2, 0) is 16.6 Å². The van der Waals surface area contributed by atoms with Gasteiger partial charge in [0, 0.05) is 29.9 Å². The second kappa shape index (κ2) is 4.10. The maximum Gasteiger partial charge on any atom is 0.161 e. The van der Waals surface area contributed by atoms with Crippen LogP contribution in [0.5, 0.6) is 11.5 Å². The van der Waals surface area contributed by atoms with Crippen molar-refractivity contribution in [2.75, 3.05) is 13.6 Å². The summed E-state index contributed by atoms with van der Waals surface area (Å²) in [6.45, 7) is 0.907. The zero-order chi connectivity index (χ0) is 14.8. The lowest BCUT2D eigenvalue weighted by molar-refractivity contribution is -0.120. The van der Waals surface area contributed by atoms with E-state index in [4.69, 9.17) is 0 Å². The van der Waals surface area contributed by atoms with E-state index < -0.39 is 5.41 Å². The summed E-state index contributed by atoms with van der Waals surface area (Å²) >= 11 is 0. The number of phenols is 2. The first-order chi connectivity index (χ1) is 10.0. The molecule has 0 radical (unpaired) electrons. The van der Waals surface area contributed by atoms with E-state index >= 15 is 0 Å². The number of hydrogen-bond acceptors (Lipinski definition) is 4. The van der Waals surface area contributed by atoms with Gasteiger partial charge < -0.3 is 10.2 Å². The summed E-state index contributed by atoms with van der Waals surface area (Å²) in [5, 5.41) is 20.4. The lowest BCUT2D eigenvalue weighted by Crippen LogP contribution is -2.55. The van der Waals surface area contributed by atoms with Crippen molar-refractivity contribution < 1.29 is 15.0 Å². The van der Waals surface area contributed by atoms with Crippen molar-refractivity contribution in [3.63, 3.8) is 0 Å². The van der Waals surface area contributed by atoms with Crippen molar-refractivity contribution >= 4 is 5.78 Å². The Bertz CT molecular complexity index is 679. The fourth-order valence-corrected chi connectivity index (χ4v) is 4.54. The number of aromatic hydroxyl groups is 2. The number of Topliss-reactive ketones (excluding diaryl/α,β-unsaturated/α-hetero) is 1. The maximum absolute atomic E-state index is 12.1. The summed E-state index contributed by atoms with van der Waals surface area (Å²) in [5.74, 6) is 0.103. The molecule has 21 heavy (non-hydrogen) atoms. The molecule has 1 fully saturated rings. The number of fused-ring (bicyclic) bond motifs is 1. The van der Waals surface area contributed by atoms with E-state index in [0.29, 0.717) is 18.9 Å². The van der Waals surface area contributed by atoms with Gasteiger partial charge in [-0.3, -0.25) is 9.69 Å². The maximum atomic E-state index is 12.1. The third kappa shape index (κ3) is 1.57. The highest BCUT2D eigenvalue weighted by Gasteiger charge is 2.52. The number of ketones is 1. The van der Waals surface area contributed by atoms with Gasteiger partial charge in [-0.2, -0.15) is 0 Å². The van der Waals surface area contributed by atoms with E-state index in [1.54, 1.807) is 6.07 Å². The summed E-state index contributed by atoms with van der Waals surface area (Å²) in [5.41, 5.74) is 2.73. The Morgan fingerprint density at radius 1 is 1.33 bits per heavy atom. The van der Waals surface area contributed by atoms with E-state index in [-0.39, 0.29) is 17.3 Å². The van der Waals surface area contributed by atoms with E-state index in [9.17, 15) is 15.0 Å². The largest absolute Gasteiger partial charge is 0.504 e. The van der Waals surface area contributed by atoms with E-state index in [1.165, 1.54) is 5.57 Å². The summed E-state index contributed by atoms with van der Waals surface area (Å²) < 4.78 is 0. The highest BCUT2D eigenvalue weighted by molar-refractivity contribution is 5.85. The number of carbonyl (C=O) groups is 1. The number of benzene rings is 1. The molecule has 2 aliphatic carbocycles. The van der Waals surface area contributed by atoms with E-state index in [1.807, 2.05) is 6.07 Å². The van der Waals surface area contributed by atoms with Crippen LogP contribution in [0, 0.1) is 0 Å². The molecule has 0 unspecified atom stereocenters. The molecule has 4 rings (SSSR count). The Morgan fingerprint density at radius 2 is 2.14 bits per heavy atom. The number of allylic oxidation sites excluding steroid dienone is 1. The Kier molecular flexibility index (Phi) is 2.52. The molecular formula is C17H19NO3. The zero-order valence-electron chi connectivity index (χ0n) is 12.1. The second-order valence-corrected chi connectivity index (χ2v) is 6.58. The Balaban J connectivity index is 2.03. The first-order valence-corrected chi connectivity index (χ1v) is 7.50. The van der Waals surface area contributed by atoms with Crippen LogP contribution in [0.25, 0.3) is 0 Å². The van der Waals surface area contributed by atoms with Crippen LogP contribution in [0.2, 0.25) is 0 Å². The number of phenolic OH excluding ortho intramolecular Hbond substituents is 2. The molecule has 1 aromatic carbocycles. The summed E-state index contributed by atoms with van der Waals surface area (Å²) in [7, 11) is 2.12. The predicted octanol–water partition coefficient (Wildman–Crippen LogP) is 1.89. The fraction of sp³-hybridized carbons (Fsp3) is 0.471. The lowest BCUT2D eigenvalue weighted by atomic mass is 9.56. The number of likely N-dealkylation sites (tertiary alicyclic amines) is 1. The number of nitrogens with zero attached hydrogens (tertiary/aromatic N) is 1. The van der Waals surface area contributed by atoms with Gasteiger partial charge in [0.1, 0.15) is 5.78 Å². The van der Waals surface area contributed by atoms with Crippen LogP contribution in [0.15, 0.2) is 23.8 Å². The zero-order valence-corrected chi connectivity index (χ0v) is 12.1. The van der Waals surface area contributed by atoms with Gasteiger partial charge >= 0.3 is 0 Å². The van der Waals surface area contributed by atoms with Gasteiger partial charge in [0.15, 0.2) is 11.5 Å². The average Bonchev–Trinajstić information content (AvgIpc) is 2.46. The topological polar surface area (TPSA) is 60.8 Å². The van der Waals surface area contributed by atoms with Gasteiger partial charge in [-0.1, -0.05) is 12.1 Å². The minimum atomic E-state index is -0.400. The molecule has 1 aliphatic heterocycles. The summed E-state index contributed by atoms with van der Waals surface area (Å²) in [6.07, 6.45) is 4.67. The molecule has 1 heterocycles. The number of carbonyl (C=O) groups excluding carboxylic acids is 1. The number of hydrogen-bond donors (Lipinski definition) is 2. The predicted molar refractivity (Wildman–Crippen MR) is 78.5 cm³/mol. The second-order valence-electron chi connectivity index (χ2n) is 6.58. The SMILES string of the molecule is CN1CC[C@]23CC(=O)CC=C2[C@H]1Cc1ccc(O)c(O)c13. The van der Waals surface area contributed by atoms with Gasteiger partial charge in [-0.05, 0) is 43.6 Å². The molecule has 0 amide bonds. The van der Waals surface area contributed by atoms with Crippen LogP contribution in [0.1, 0.15) is 30.4 Å². The van der Waals surface area contributed by atoms with Gasteiger partial charge in [0.05, 0.1) is 0 Å². The molecule has 2 atom stereocenters. The third-order valence-electron chi connectivity index (χ3n) is 5.52. The Morgan fingerprint density at radius 3 is 2.95 bits per heavy atom. The normalized spacial score (nSPS) is 31.4. The minimum absolute atomic E-state index is 0.0314. The highest BCUT2D eigenvalue weighted by Crippen LogP contribution is 2.56. The molecular weight excluding hydrogens is 266 g/mol. The molecule has 0 aromatic heterocycles. The molecule has 2 bridgehead atoms. The lowest BCUT2D eigenvalue weighted by Gasteiger charge is -2.53. The Hall–Kier alpha value is -1.81. The van der Waals surface area contributed by atoms with Crippen molar-refractivity contribution in [3.8, 4) is 11.5 Å². The van der Waals surface area contributed by atoms with Crippen LogP contribution >= 0.6 is 0 Å².